The molecule has 0 saturated carbocycles. The summed E-state index contributed by atoms with van der Waals surface area (Å²) in [6.07, 6.45) is 0. The number of halogens is 1. The maximum absolute atomic E-state index is 11.2. The van der Waals surface area contributed by atoms with E-state index in [0.717, 1.165) is 11.5 Å². The summed E-state index contributed by atoms with van der Waals surface area (Å²) in [7, 11) is -3.16. The topological polar surface area (TPSA) is 46.2 Å². The van der Waals surface area contributed by atoms with Crippen LogP contribution in [0.15, 0.2) is 0 Å². The van der Waals surface area contributed by atoms with Crippen LogP contribution in [0.3, 0.4) is 0 Å². The van der Waals surface area contributed by atoms with Crippen LogP contribution in [0.5, 0.6) is 0 Å². The van der Waals surface area contributed by atoms with Crippen molar-refractivity contribution in [3.63, 3.8) is 0 Å². The molecular weight excluding hydrogens is 230 g/mol. The zero-order valence-corrected chi connectivity index (χ0v) is 10.3. The molecule has 1 unspecified atom stereocenters. The Hall–Kier alpha value is 0.550. The Morgan fingerprint density at radius 2 is 2.15 bits per heavy atom. The molecule has 0 aliphatic rings. The molecule has 0 radical (unpaired) electrons. The molecule has 0 heterocycles. The van der Waals surface area contributed by atoms with Gasteiger partial charge >= 0.3 is 0 Å². The summed E-state index contributed by atoms with van der Waals surface area (Å²) < 4.78 is 25.0. The van der Waals surface area contributed by atoms with Gasteiger partial charge in [-0.1, -0.05) is 6.92 Å². The highest BCUT2D eigenvalue weighted by molar-refractivity contribution is 7.99. The molecule has 13 heavy (non-hydrogen) atoms. The highest BCUT2D eigenvalue weighted by Crippen LogP contribution is 2.02. The van der Waals surface area contributed by atoms with Gasteiger partial charge in [-0.3, -0.25) is 0 Å². The van der Waals surface area contributed by atoms with Gasteiger partial charge < -0.3 is 0 Å². The van der Waals surface area contributed by atoms with Gasteiger partial charge in [0.1, 0.15) is 0 Å². The van der Waals surface area contributed by atoms with Crippen molar-refractivity contribution in [1.82, 2.24) is 4.72 Å². The van der Waals surface area contributed by atoms with Crippen LogP contribution in [-0.4, -0.2) is 37.6 Å². The Bertz CT molecular complexity index is 219. The smallest absolute Gasteiger partial charge is 0.212 e. The Morgan fingerprint density at radius 1 is 1.54 bits per heavy atom. The molecule has 0 aromatic rings. The summed E-state index contributed by atoms with van der Waals surface area (Å²) in [5, 5.41) is 0. The van der Waals surface area contributed by atoms with Crippen LogP contribution in [0.1, 0.15) is 13.8 Å². The molecule has 0 rings (SSSR count). The Kier molecular flexibility index (Phi) is 7.22. The molecule has 0 fully saturated rings. The molecule has 0 amide bonds. The lowest BCUT2D eigenvalue weighted by molar-refractivity contribution is 0.572. The van der Waals surface area contributed by atoms with Crippen molar-refractivity contribution < 1.29 is 8.42 Å². The van der Waals surface area contributed by atoms with Gasteiger partial charge in [-0.05, 0) is 12.7 Å². The van der Waals surface area contributed by atoms with Crippen LogP contribution in [-0.2, 0) is 10.0 Å². The fourth-order valence-corrected chi connectivity index (χ4v) is 3.20. The molecule has 0 bridgehead atoms. The highest BCUT2D eigenvalue weighted by atomic mass is 35.5. The predicted octanol–water partition coefficient (Wildman–Crippen LogP) is 1.29. The monoisotopic (exact) mass is 245 g/mol. The minimum Gasteiger partial charge on any atom is -0.212 e. The molecule has 0 saturated heterocycles. The lowest BCUT2D eigenvalue weighted by Gasteiger charge is -2.12. The fourth-order valence-electron chi connectivity index (χ4n) is 0.796. The molecule has 0 aliphatic heterocycles. The Morgan fingerprint density at radius 3 is 2.62 bits per heavy atom. The average Bonchev–Trinajstić information content (AvgIpc) is 1.99. The van der Waals surface area contributed by atoms with Gasteiger partial charge in [-0.15, -0.1) is 11.6 Å². The van der Waals surface area contributed by atoms with E-state index in [1.165, 1.54) is 0 Å². The molecular formula is C7H16ClNO2S2. The normalized spacial score (nSPS) is 14.4. The van der Waals surface area contributed by atoms with Gasteiger partial charge in [0.2, 0.25) is 10.0 Å². The molecule has 3 nitrogen and oxygen atoms in total. The second-order valence-corrected chi connectivity index (χ2v) is 6.26. The SMILES string of the molecule is CCSCC(C)NS(=O)(=O)CCCl. The van der Waals surface area contributed by atoms with E-state index in [1.54, 1.807) is 11.8 Å². The third-order valence-corrected chi connectivity index (χ3v) is 4.36. The van der Waals surface area contributed by atoms with Crippen LogP contribution in [0.25, 0.3) is 0 Å². The van der Waals surface area contributed by atoms with E-state index in [4.69, 9.17) is 11.6 Å². The second-order valence-electron chi connectivity index (χ2n) is 2.69. The number of rotatable bonds is 7. The molecule has 6 heteroatoms. The van der Waals surface area contributed by atoms with Crippen molar-refractivity contribution >= 4 is 33.4 Å². The van der Waals surface area contributed by atoms with Gasteiger partial charge in [0.15, 0.2) is 0 Å². The quantitative estimate of drug-likeness (QED) is 0.688. The first-order valence-corrected chi connectivity index (χ1v) is 7.49. The number of thioether (sulfide) groups is 1. The first kappa shape index (κ1) is 13.5. The molecule has 80 valence electrons. The summed E-state index contributed by atoms with van der Waals surface area (Å²) in [5.74, 6) is 1.94. The molecule has 1 atom stereocenters. The Balaban J connectivity index is 3.82. The largest absolute Gasteiger partial charge is 0.213 e. The van der Waals surface area contributed by atoms with Crippen LogP contribution >= 0.6 is 23.4 Å². The summed E-state index contributed by atoms with van der Waals surface area (Å²) in [4.78, 5) is 0. The van der Waals surface area contributed by atoms with E-state index in [0.29, 0.717) is 0 Å². The minimum atomic E-state index is -3.16. The number of alkyl halides is 1. The van der Waals surface area contributed by atoms with Crippen LogP contribution < -0.4 is 4.72 Å². The lowest BCUT2D eigenvalue weighted by Crippen LogP contribution is -2.36. The summed E-state index contributed by atoms with van der Waals surface area (Å²) in [6.45, 7) is 3.90. The highest BCUT2D eigenvalue weighted by Gasteiger charge is 2.12. The van der Waals surface area contributed by atoms with Crippen LogP contribution in [0.4, 0.5) is 0 Å². The molecule has 0 aliphatic carbocycles. The van der Waals surface area contributed by atoms with E-state index >= 15 is 0 Å². The summed E-state index contributed by atoms with van der Waals surface area (Å²) >= 11 is 7.06. The van der Waals surface area contributed by atoms with E-state index in [9.17, 15) is 8.42 Å². The zero-order valence-electron chi connectivity index (χ0n) is 7.92. The van der Waals surface area contributed by atoms with Crippen molar-refractivity contribution in [2.24, 2.45) is 0 Å². The van der Waals surface area contributed by atoms with Crippen molar-refractivity contribution in [2.75, 3.05) is 23.1 Å². The maximum atomic E-state index is 11.2. The number of nitrogens with one attached hydrogen (secondary N) is 1. The minimum absolute atomic E-state index is 0.00428. The molecule has 0 aromatic heterocycles. The van der Waals surface area contributed by atoms with Gasteiger partial charge in [0.25, 0.3) is 0 Å². The zero-order chi connectivity index (χ0) is 10.3. The van der Waals surface area contributed by atoms with Crippen molar-refractivity contribution in [2.45, 2.75) is 19.9 Å². The maximum Gasteiger partial charge on any atom is 0.213 e. The van der Waals surface area contributed by atoms with Gasteiger partial charge in [0, 0.05) is 17.7 Å². The predicted molar refractivity (Wildman–Crippen MR) is 60.1 cm³/mol. The van der Waals surface area contributed by atoms with Crippen LogP contribution in [0.2, 0.25) is 0 Å². The third kappa shape index (κ3) is 7.61. The van der Waals surface area contributed by atoms with Gasteiger partial charge in [-0.25, -0.2) is 13.1 Å². The Labute approximate surface area is 89.7 Å². The summed E-state index contributed by atoms with van der Waals surface area (Å²) in [5.41, 5.74) is 0. The van der Waals surface area contributed by atoms with E-state index in [-0.39, 0.29) is 17.7 Å². The number of hydrogen-bond acceptors (Lipinski definition) is 3. The molecule has 0 spiro atoms. The number of hydrogen-bond donors (Lipinski definition) is 1. The van der Waals surface area contributed by atoms with E-state index in [1.807, 2.05) is 13.8 Å². The van der Waals surface area contributed by atoms with E-state index < -0.39 is 10.0 Å². The van der Waals surface area contributed by atoms with Crippen LogP contribution in [0, 0.1) is 0 Å². The number of sulfonamides is 1. The summed E-state index contributed by atoms with van der Waals surface area (Å²) in [6, 6.07) is -0.0156. The van der Waals surface area contributed by atoms with Crippen molar-refractivity contribution in [3.8, 4) is 0 Å². The van der Waals surface area contributed by atoms with Gasteiger partial charge in [-0.2, -0.15) is 11.8 Å². The van der Waals surface area contributed by atoms with Crippen molar-refractivity contribution in [3.05, 3.63) is 0 Å². The molecule has 1 N–H and O–H groups in total. The van der Waals surface area contributed by atoms with Gasteiger partial charge in [0.05, 0.1) is 5.75 Å². The first-order chi connectivity index (χ1) is 6.02. The first-order valence-electron chi connectivity index (χ1n) is 4.15. The molecule has 0 aromatic carbocycles. The standard InChI is InChI=1S/C7H16ClNO2S2/c1-3-12-6-7(2)9-13(10,11)5-4-8/h7,9H,3-6H2,1-2H3. The third-order valence-electron chi connectivity index (χ3n) is 1.30. The van der Waals surface area contributed by atoms with Crippen molar-refractivity contribution in [1.29, 1.82) is 0 Å². The second kappa shape index (κ2) is 6.92. The van der Waals surface area contributed by atoms with E-state index in [2.05, 4.69) is 4.72 Å². The fraction of sp³-hybridized carbons (Fsp3) is 1.00. The average molecular weight is 246 g/mol. The lowest BCUT2D eigenvalue weighted by atomic mass is 10.4.